The van der Waals surface area contributed by atoms with E-state index < -0.39 is 0 Å². The van der Waals surface area contributed by atoms with Crippen LogP contribution in [0.15, 0.2) is 0 Å². The summed E-state index contributed by atoms with van der Waals surface area (Å²) >= 11 is 1.89. The highest BCUT2D eigenvalue weighted by Crippen LogP contribution is 2.52. The lowest BCUT2D eigenvalue weighted by molar-refractivity contribution is -0.0401. The van der Waals surface area contributed by atoms with Crippen LogP contribution in [0.4, 0.5) is 0 Å². The van der Waals surface area contributed by atoms with Gasteiger partial charge in [-0.25, -0.2) is 0 Å². The van der Waals surface area contributed by atoms with Crippen LogP contribution in [-0.4, -0.2) is 22.6 Å². The summed E-state index contributed by atoms with van der Waals surface area (Å²) < 4.78 is 5.11. The van der Waals surface area contributed by atoms with Crippen LogP contribution in [-0.2, 0) is 4.74 Å². The maximum atomic E-state index is 8.49. The van der Waals surface area contributed by atoms with Gasteiger partial charge in [-0.1, -0.05) is 6.42 Å². The Labute approximate surface area is 64.9 Å². The minimum Gasteiger partial charge on any atom is -0.371 e. The van der Waals surface area contributed by atoms with E-state index in [1.165, 1.54) is 19.3 Å². The molecular formula is C7H12O2S. The fraction of sp³-hybridized carbons (Fsp3) is 1.00. The number of aliphatic hydroxyl groups is 1. The van der Waals surface area contributed by atoms with Gasteiger partial charge in [0.1, 0.15) is 12.2 Å². The van der Waals surface area contributed by atoms with E-state index >= 15 is 0 Å². The second-order valence-electron chi connectivity index (χ2n) is 2.93. The first-order valence-corrected chi connectivity index (χ1v) is 4.74. The van der Waals surface area contributed by atoms with E-state index in [1.807, 2.05) is 11.8 Å². The topological polar surface area (TPSA) is 29.5 Å². The van der Waals surface area contributed by atoms with E-state index in [0.29, 0.717) is 5.44 Å². The van der Waals surface area contributed by atoms with Crippen molar-refractivity contribution >= 4 is 11.8 Å². The van der Waals surface area contributed by atoms with Gasteiger partial charge in [0.2, 0.25) is 0 Å². The van der Waals surface area contributed by atoms with Crippen molar-refractivity contribution < 1.29 is 9.84 Å². The molecule has 1 saturated carbocycles. The van der Waals surface area contributed by atoms with Crippen molar-refractivity contribution in [3.8, 4) is 0 Å². The van der Waals surface area contributed by atoms with Gasteiger partial charge in [0.15, 0.2) is 0 Å². The Morgan fingerprint density at radius 1 is 1.50 bits per heavy atom. The molecule has 0 aromatic rings. The molecule has 1 aliphatic carbocycles. The molecule has 58 valence electrons. The molecule has 1 N–H and O–H groups in total. The Bertz CT molecular complexity index is 129. The maximum absolute atomic E-state index is 8.49. The molecule has 3 atom stereocenters. The van der Waals surface area contributed by atoms with E-state index in [4.69, 9.17) is 9.84 Å². The lowest BCUT2D eigenvalue weighted by Gasteiger charge is -2.38. The Balaban J connectivity index is 1.83. The summed E-state index contributed by atoms with van der Waals surface area (Å²) in [6.07, 6.45) is 4.02. The lowest BCUT2D eigenvalue weighted by Crippen LogP contribution is -2.37. The quantitative estimate of drug-likeness (QED) is 0.615. The average molecular weight is 160 g/mol. The number of hydrogen-bond donors (Lipinski definition) is 1. The Morgan fingerprint density at radius 2 is 2.40 bits per heavy atom. The third-order valence-electron chi connectivity index (χ3n) is 2.40. The number of aliphatic hydroxyl groups excluding tert-OH is 1. The van der Waals surface area contributed by atoms with Crippen LogP contribution in [0.1, 0.15) is 19.3 Å². The first-order valence-electron chi connectivity index (χ1n) is 3.80. The van der Waals surface area contributed by atoms with Crippen LogP contribution in [0.2, 0.25) is 0 Å². The Kier molecular flexibility index (Phi) is 1.89. The zero-order valence-electron chi connectivity index (χ0n) is 5.82. The van der Waals surface area contributed by atoms with Crippen LogP contribution in [0.25, 0.3) is 0 Å². The summed E-state index contributed by atoms with van der Waals surface area (Å²) in [5, 5.41) is 9.34. The van der Waals surface area contributed by atoms with E-state index in [1.54, 1.807) is 0 Å². The van der Waals surface area contributed by atoms with Crippen molar-refractivity contribution in [3.63, 3.8) is 0 Å². The first-order chi connectivity index (χ1) is 4.92. The predicted molar refractivity (Wildman–Crippen MR) is 40.7 cm³/mol. The van der Waals surface area contributed by atoms with Crippen LogP contribution in [0.5, 0.6) is 0 Å². The van der Waals surface area contributed by atoms with Gasteiger partial charge in [0, 0.05) is 11.2 Å². The van der Waals surface area contributed by atoms with Gasteiger partial charge in [0.05, 0.1) is 0 Å². The molecular weight excluding hydrogens is 148 g/mol. The number of fused-ring (bicyclic) bond motifs is 1. The third-order valence-corrected chi connectivity index (χ3v) is 4.09. The van der Waals surface area contributed by atoms with Gasteiger partial charge in [-0.2, -0.15) is 0 Å². The van der Waals surface area contributed by atoms with E-state index in [9.17, 15) is 0 Å². The Hall–Kier alpha value is 0.270. The predicted octanol–water partition coefficient (Wildman–Crippen LogP) is 1.19. The fourth-order valence-electron chi connectivity index (χ4n) is 1.85. The van der Waals surface area contributed by atoms with Crippen LogP contribution in [0.3, 0.4) is 0 Å². The smallest absolute Gasteiger partial charge is 0.145 e. The molecule has 0 aromatic carbocycles. The molecule has 1 heterocycles. The van der Waals surface area contributed by atoms with Crippen molar-refractivity contribution in [2.24, 2.45) is 5.92 Å². The summed E-state index contributed by atoms with van der Waals surface area (Å²) in [4.78, 5) is 0. The van der Waals surface area contributed by atoms with Crippen molar-refractivity contribution in [3.05, 3.63) is 0 Å². The van der Waals surface area contributed by atoms with Crippen LogP contribution in [0, 0.1) is 5.92 Å². The largest absolute Gasteiger partial charge is 0.371 e. The maximum Gasteiger partial charge on any atom is 0.145 e. The molecule has 1 saturated heterocycles. The van der Waals surface area contributed by atoms with Gasteiger partial charge >= 0.3 is 0 Å². The average Bonchev–Trinajstić information content (AvgIpc) is 2.26. The molecule has 10 heavy (non-hydrogen) atoms. The zero-order valence-corrected chi connectivity index (χ0v) is 6.64. The van der Waals surface area contributed by atoms with Crippen molar-refractivity contribution in [1.29, 1.82) is 0 Å². The molecule has 0 aromatic heterocycles. The molecule has 0 bridgehead atoms. The molecule has 1 aliphatic heterocycles. The summed E-state index contributed by atoms with van der Waals surface area (Å²) in [5.41, 5.74) is 0.317. The van der Waals surface area contributed by atoms with Gasteiger partial charge in [-0.15, -0.1) is 11.8 Å². The minimum absolute atomic E-state index is 0.110. The van der Waals surface area contributed by atoms with Crippen LogP contribution < -0.4 is 0 Å². The molecule has 2 nitrogen and oxygen atoms in total. The molecule has 2 fully saturated rings. The molecule has 3 heteroatoms. The summed E-state index contributed by atoms with van der Waals surface area (Å²) in [5.74, 6) is 0.761. The number of thioether (sulfide) groups is 1. The standard InChI is InChI=1S/C7H12O2S/c8-4-9-7-5-2-1-3-6(5)10-7/h5-8H,1-4H2/t5-,6+,7?/m1/s1. The lowest BCUT2D eigenvalue weighted by atomic mass is 10.1. The first kappa shape index (κ1) is 6.95. The van der Waals surface area contributed by atoms with E-state index in [-0.39, 0.29) is 6.79 Å². The molecule has 2 rings (SSSR count). The normalized spacial score (nSPS) is 44.7. The highest BCUT2D eigenvalue weighted by atomic mass is 32.2. The zero-order chi connectivity index (χ0) is 6.97. The van der Waals surface area contributed by atoms with Gasteiger partial charge < -0.3 is 9.84 Å². The Morgan fingerprint density at radius 3 is 3.10 bits per heavy atom. The summed E-state index contributed by atoms with van der Waals surface area (Å²) in [7, 11) is 0. The van der Waals surface area contributed by atoms with Gasteiger partial charge in [-0.05, 0) is 12.8 Å². The van der Waals surface area contributed by atoms with Crippen molar-refractivity contribution in [1.82, 2.24) is 0 Å². The van der Waals surface area contributed by atoms with E-state index in [0.717, 1.165) is 11.2 Å². The molecule has 1 unspecified atom stereocenters. The highest BCUT2D eigenvalue weighted by Gasteiger charge is 2.45. The second-order valence-corrected chi connectivity index (χ2v) is 4.28. The minimum atomic E-state index is -0.110. The number of rotatable bonds is 2. The highest BCUT2D eigenvalue weighted by molar-refractivity contribution is 8.01. The van der Waals surface area contributed by atoms with Crippen molar-refractivity contribution in [2.75, 3.05) is 6.79 Å². The summed E-state index contributed by atoms with van der Waals surface area (Å²) in [6, 6.07) is 0. The monoisotopic (exact) mass is 160 g/mol. The number of ether oxygens (including phenoxy) is 1. The van der Waals surface area contributed by atoms with Gasteiger partial charge in [-0.3, -0.25) is 0 Å². The molecule has 0 radical (unpaired) electrons. The second kappa shape index (κ2) is 2.72. The SMILES string of the molecule is OCOC1S[C@H]2CCC[C@@H]12. The van der Waals surface area contributed by atoms with Crippen molar-refractivity contribution in [2.45, 2.75) is 29.9 Å². The molecule has 2 aliphatic rings. The molecule has 0 amide bonds. The number of hydrogen-bond acceptors (Lipinski definition) is 3. The molecule has 0 spiro atoms. The fourth-order valence-corrected chi connectivity index (χ4v) is 3.38. The third kappa shape index (κ3) is 0.966. The van der Waals surface area contributed by atoms with Gasteiger partial charge in [0.25, 0.3) is 0 Å². The summed E-state index contributed by atoms with van der Waals surface area (Å²) in [6.45, 7) is -0.110. The van der Waals surface area contributed by atoms with E-state index in [2.05, 4.69) is 0 Å². The van der Waals surface area contributed by atoms with Crippen LogP contribution >= 0.6 is 11.8 Å².